The number of carbonyl (C=O) groups is 1. The van der Waals surface area contributed by atoms with Gasteiger partial charge in [-0.05, 0) is 31.7 Å². The zero-order valence-corrected chi connectivity index (χ0v) is 13.0. The van der Waals surface area contributed by atoms with Crippen LogP contribution in [0.15, 0.2) is 18.2 Å². The lowest BCUT2D eigenvalue weighted by Crippen LogP contribution is -2.46. The Morgan fingerprint density at radius 2 is 2.00 bits per heavy atom. The van der Waals surface area contributed by atoms with Gasteiger partial charge in [0.05, 0.1) is 6.04 Å². The van der Waals surface area contributed by atoms with E-state index in [9.17, 15) is 9.18 Å². The minimum Gasteiger partial charge on any atom is -0.369 e. The number of halogens is 1. The molecule has 1 amide bonds. The van der Waals surface area contributed by atoms with Gasteiger partial charge < -0.3 is 15.1 Å². The minimum atomic E-state index is -0.266. The highest BCUT2D eigenvalue weighted by atomic mass is 19.1. The number of piperazine rings is 1. The van der Waals surface area contributed by atoms with Crippen LogP contribution in [0.4, 0.5) is 10.1 Å². The maximum Gasteiger partial charge on any atom is 0.217 e. The predicted octanol–water partition coefficient (Wildman–Crippen LogP) is 2.16. The lowest BCUT2D eigenvalue weighted by molar-refractivity contribution is -0.119. The summed E-state index contributed by atoms with van der Waals surface area (Å²) in [5.74, 6) is -0.369. The molecule has 0 aromatic heterocycles. The minimum absolute atomic E-state index is 0.103. The molecule has 0 unspecified atom stereocenters. The summed E-state index contributed by atoms with van der Waals surface area (Å²) in [7, 11) is 0. The smallest absolute Gasteiger partial charge is 0.217 e. The maximum atomic E-state index is 13.6. The first-order valence-electron chi connectivity index (χ1n) is 7.55. The highest BCUT2D eigenvalue weighted by Gasteiger charge is 2.21. The molecule has 1 aromatic carbocycles. The fourth-order valence-corrected chi connectivity index (χ4v) is 2.85. The number of nitrogens with one attached hydrogen (secondary N) is 1. The van der Waals surface area contributed by atoms with Crippen molar-refractivity contribution in [2.24, 2.45) is 0 Å². The monoisotopic (exact) mass is 293 g/mol. The van der Waals surface area contributed by atoms with Gasteiger partial charge in [-0.2, -0.15) is 0 Å². The molecule has 0 spiro atoms. The third-order valence-corrected chi connectivity index (χ3v) is 4.04. The van der Waals surface area contributed by atoms with E-state index < -0.39 is 0 Å². The molecule has 1 aromatic rings. The fraction of sp³-hybridized carbons (Fsp3) is 0.562. The van der Waals surface area contributed by atoms with Crippen LogP contribution in [-0.4, -0.2) is 43.5 Å². The average molecular weight is 293 g/mol. The first kappa shape index (κ1) is 15.8. The molecule has 4 nitrogen and oxygen atoms in total. The molecule has 2 rings (SSSR count). The van der Waals surface area contributed by atoms with Crippen molar-refractivity contribution in [2.45, 2.75) is 26.8 Å². The Bertz CT molecular complexity index is 498. The van der Waals surface area contributed by atoms with Crippen LogP contribution < -0.4 is 10.2 Å². The van der Waals surface area contributed by atoms with Crippen molar-refractivity contribution in [3.05, 3.63) is 29.6 Å². The lowest BCUT2D eigenvalue weighted by Gasteiger charge is -2.37. The van der Waals surface area contributed by atoms with Crippen LogP contribution in [0.1, 0.15) is 32.4 Å². The molecule has 116 valence electrons. The van der Waals surface area contributed by atoms with Crippen LogP contribution in [0.25, 0.3) is 0 Å². The molecule has 5 heteroatoms. The van der Waals surface area contributed by atoms with Crippen LogP contribution in [-0.2, 0) is 4.79 Å². The molecule has 1 N–H and O–H groups in total. The van der Waals surface area contributed by atoms with E-state index in [0.29, 0.717) is 0 Å². The van der Waals surface area contributed by atoms with Crippen LogP contribution in [0.3, 0.4) is 0 Å². The number of likely N-dealkylation sites (N-methyl/N-ethyl adjacent to an activating group) is 1. The van der Waals surface area contributed by atoms with Gasteiger partial charge >= 0.3 is 0 Å². The highest BCUT2D eigenvalue weighted by Crippen LogP contribution is 2.28. The summed E-state index contributed by atoms with van der Waals surface area (Å²) >= 11 is 0. The Labute approximate surface area is 125 Å². The van der Waals surface area contributed by atoms with E-state index >= 15 is 0 Å². The van der Waals surface area contributed by atoms with Crippen molar-refractivity contribution in [1.29, 1.82) is 0 Å². The van der Waals surface area contributed by atoms with Gasteiger partial charge in [-0.15, -0.1) is 0 Å². The third kappa shape index (κ3) is 3.94. The highest BCUT2D eigenvalue weighted by molar-refractivity contribution is 5.74. The van der Waals surface area contributed by atoms with Crippen molar-refractivity contribution in [1.82, 2.24) is 10.2 Å². The molecule has 21 heavy (non-hydrogen) atoms. The molecular formula is C16H24FN3O. The van der Waals surface area contributed by atoms with Gasteiger partial charge in [-0.1, -0.05) is 6.92 Å². The molecule has 0 bridgehead atoms. The summed E-state index contributed by atoms with van der Waals surface area (Å²) in [5.41, 5.74) is 1.86. The number of rotatable bonds is 4. The molecule has 1 atom stereocenters. The second-order valence-corrected chi connectivity index (χ2v) is 5.55. The fourth-order valence-electron chi connectivity index (χ4n) is 2.85. The van der Waals surface area contributed by atoms with Crippen molar-refractivity contribution < 1.29 is 9.18 Å². The number of amides is 1. The summed E-state index contributed by atoms with van der Waals surface area (Å²) in [6.07, 6.45) is 0. The number of hydrogen-bond acceptors (Lipinski definition) is 3. The van der Waals surface area contributed by atoms with Crippen LogP contribution in [0, 0.1) is 5.82 Å². The van der Waals surface area contributed by atoms with E-state index in [2.05, 4.69) is 22.0 Å². The maximum absolute atomic E-state index is 13.6. The molecule has 1 saturated heterocycles. The summed E-state index contributed by atoms with van der Waals surface area (Å²) in [6.45, 7) is 10.5. The predicted molar refractivity (Wildman–Crippen MR) is 83.0 cm³/mol. The van der Waals surface area contributed by atoms with Gasteiger partial charge in [0.2, 0.25) is 5.91 Å². The van der Waals surface area contributed by atoms with E-state index in [0.717, 1.165) is 44.0 Å². The second kappa shape index (κ2) is 6.89. The first-order chi connectivity index (χ1) is 10.0. The quantitative estimate of drug-likeness (QED) is 0.924. The van der Waals surface area contributed by atoms with Crippen molar-refractivity contribution in [2.75, 3.05) is 37.6 Å². The molecular weight excluding hydrogens is 269 g/mol. The molecule has 0 aliphatic carbocycles. The Kier molecular flexibility index (Phi) is 5.17. The molecule has 0 saturated carbocycles. The molecule has 0 radical (unpaired) electrons. The SMILES string of the molecule is CCN1CCN(c2ccc(F)cc2[C@@H](C)NC(C)=O)CC1. The lowest BCUT2D eigenvalue weighted by atomic mass is 10.0. The van der Waals surface area contributed by atoms with Gasteiger partial charge in [0, 0.05) is 44.4 Å². The standard InChI is InChI=1S/C16H24FN3O/c1-4-19-7-9-20(10-8-19)16-6-5-14(17)11-15(16)12(2)18-13(3)21/h5-6,11-12H,4,7-10H2,1-3H3,(H,18,21)/t12-/m1/s1. The Morgan fingerprint density at radius 1 is 1.33 bits per heavy atom. The van der Waals surface area contributed by atoms with Crippen molar-refractivity contribution in [3.63, 3.8) is 0 Å². The van der Waals surface area contributed by atoms with Crippen LogP contribution >= 0.6 is 0 Å². The number of anilines is 1. The van der Waals surface area contributed by atoms with E-state index in [1.165, 1.54) is 19.1 Å². The second-order valence-electron chi connectivity index (χ2n) is 5.55. The van der Waals surface area contributed by atoms with Crippen molar-refractivity contribution in [3.8, 4) is 0 Å². The Balaban J connectivity index is 2.21. The molecule has 1 aliphatic rings. The van der Waals surface area contributed by atoms with Gasteiger partial charge in [0.25, 0.3) is 0 Å². The average Bonchev–Trinajstić information content (AvgIpc) is 2.46. The summed E-state index contributed by atoms with van der Waals surface area (Å²) in [4.78, 5) is 15.9. The van der Waals surface area contributed by atoms with Crippen LogP contribution in [0.2, 0.25) is 0 Å². The normalized spacial score (nSPS) is 17.6. The molecule has 1 heterocycles. The number of nitrogens with zero attached hydrogens (tertiary/aromatic N) is 2. The van der Waals surface area contributed by atoms with E-state index in [1.54, 1.807) is 0 Å². The van der Waals surface area contributed by atoms with Gasteiger partial charge in [0.15, 0.2) is 0 Å². The Morgan fingerprint density at radius 3 is 2.57 bits per heavy atom. The first-order valence-corrected chi connectivity index (χ1v) is 7.55. The van der Waals surface area contributed by atoms with E-state index in [4.69, 9.17) is 0 Å². The van der Waals surface area contributed by atoms with Crippen LogP contribution in [0.5, 0.6) is 0 Å². The van der Waals surface area contributed by atoms with E-state index in [-0.39, 0.29) is 17.8 Å². The number of hydrogen-bond donors (Lipinski definition) is 1. The zero-order valence-electron chi connectivity index (χ0n) is 13.0. The largest absolute Gasteiger partial charge is 0.369 e. The number of carbonyl (C=O) groups excluding carboxylic acids is 1. The summed E-state index contributed by atoms with van der Waals surface area (Å²) in [5, 5.41) is 2.84. The number of benzene rings is 1. The van der Waals surface area contributed by atoms with Gasteiger partial charge in [-0.25, -0.2) is 4.39 Å². The zero-order chi connectivity index (χ0) is 15.4. The molecule has 1 aliphatic heterocycles. The summed E-state index contributed by atoms with van der Waals surface area (Å²) < 4.78 is 13.6. The third-order valence-electron chi connectivity index (χ3n) is 4.04. The van der Waals surface area contributed by atoms with Gasteiger partial charge in [-0.3, -0.25) is 4.79 Å². The Hall–Kier alpha value is -1.62. The summed E-state index contributed by atoms with van der Waals surface area (Å²) in [6, 6.07) is 4.65. The topological polar surface area (TPSA) is 35.6 Å². The van der Waals surface area contributed by atoms with E-state index in [1.807, 2.05) is 13.0 Å². The van der Waals surface area contributed by atoms with Gasteiger partial charge in [0.1, 0.15) is 5.82 Å². The molecule has 1 fully saturated rings. The van der Waals surface area contributed by atoms with Crippen molar-refractivity contribution >= 4 is 11.6 Å².